The fourth-order valence-electron chi connectivity index (χ4n) is 5.21. The number of imidazole rings is 1. The van der Waals surface area contributed by atoms with Gasteiger partial charge in [-0.3, -0.25) is 7.91 Å². The number of carbonyl (C=O) groups excluding carboxylic acids is 1. The van der Waals surface area contributed by atoms with Gasteiger partial charge in [-0.05, 0) is 66.8 Å². The van der Waals surface area contributed by atoms with Crippen LogP contribution in [0, 0.1) is 13.8 Å². The Morgan fingerprint density at radius 3 is 2.46 bits per heavy atom. The minimum atomic E-state index is -0.0547. The monoisotopic (exact) mass is 767 g/mol. The van der Waals surface area contributed by atoms with Gasteiger partial charge in [0.05, 0.1) is 39.9 Å². The predicted octanol–water partition coefficient (Wildman–Crippen LogP) is 10.2. The molecule has 0 aliphatic rings. The van der Waals surface area contributed by atoms with E-state index in [4.69, 9.17) is 8.05 Å². The number of aryl methyl sites for hydroxylation is 2. The Hall–Kier alpha value is -3.18. The quantitative estimate of drug-likeness (QED) is 0.0924. The van der Waals surface area contributed by atoms with Crippen molar-refractivity contribution in [3.63, 3.8) is 0 Å². The van der Waals surface area contributed by atoms with E-state index < -0.39 is 0 Å². The van der Waals surface area contributed by atoms with Gasteiger partial charge in [-0.25, -0.2) is 4.98 Å². The molecule has 208 valence electrons. The van der Waals surface area contributed by atoms with Gasteiger partial charge in [0.1, 0.15) is 11.6 Å². The fraction of sp³-hybridized carbons (Fsp3) is 0.176. The fourth-order valence-corrected chi connectivity index (χ4v) is 6.32. The third-order valence-corrected chi connectivity index (χ3v) is 8.98. The van der Waals surface area contributed by atoms with Crippen molar-refractivity contribution < 1.29 is 7.86 Å². The molecule has 4 aromatic carbocycles. The third kappa shape index (κ3) is 6.06. The number of halogens is 2. The Bertz CT molecular complexity index is 1690. The van der Waals surface area contributed by atoms with Crippen LogP contribution in [0.5, 0.6) is 0 Å². The number of nitrogens with zero attached hydrogens (tertiary/aromatic N) is 2. The molecule has 1 atom stereocenters. The first-order valence-corrected chi connectivity index (χ1v) is 15.4. The summed E-state index contributed by atoms with van der Waals surface area (Å²) in [7, 11) is 0. The summed E-state index contributed by atoms with van der Waals surface area (Å²) >= 11 is 4.02. The van der Waals surface area contributed by atoms with Gasteiger partial charge in [0.25, 0.3) is 5.91 Å². The largest absolute Gasteiger partial charge is 0.428 e. The van der Waals surface area contributed by atoms with Crippen molar-refractivity contribution in [1.29, 1.82) is 0 Å². The minimum Gasteiger partial charge on any atom is -0.428 e. The van der Waals surface area contributed by atoms with Crippen LogP contribution in [0.2, 0.25) is 0 Å². The maximum Gasteiger partial charge on any atom is 0.263 e. The number of aromatic amines is 1. The maximum atomic E-state index is 13.9. The molecule has 1 aromatic heterocycles. The summed E-state index contributed by atoms with van der Waals surface area (Å²) < 4.78 is 7.44. The average Bonchev–Trinajstić information content (AvgIpc) is 3.43. The summed E-state index contributed by atoms with van der Waals surface area (Å²) in [6, 6.07) is 28.4. The van der Waals surface area contributed by atoms with Gasteiger partial charge in [0.2, 0.25) is 0 Å². The molecule has 0 bridgehead atoms. The van der Waals surface area contributed by atoms with Crippen LogP contribution >= 0.6 is 45.9 Å². The molecule has 0 aliphatic carbocycles. The minimum absolute atomic E-state index is 0.0306. The van der Waals surface area contributed by atoms with Crippen LogP contribution in [0.15, 0.2) is 91.5 Å². The highest BCUT2D eigenvalue weighted by molar-refractivity contribution is 14.1. The lowest BCUT2D eigenvalue weighted by atomic mass is 9.89. The van der Waals surface area contributed by atoms with E-state index in [1.54, 1.807) is 0 Å². The van der Waals surface area contributed by atoms with Crippen LogP contribution in [0.1, 0.15) is 58.4 Å². The number of nitrogens with one attached hydrogen (secondary N) is 1. The molecule has 1 amide bonds. The first kappa shape index (κ1) is 29.3. The van der Waals surface area contributed by atoms with Gasteiger partial charge < -0.3 is 8.05 Å². The Morgan fingerprint density at radius 2 is 1.76 bits per heavy atom. The second-order valence-corrected chi connectivity index (χ2v) is 11.7. The number of benzene rings is 4. The average molecular weight is 767 g/mol. The van der Waals surface area contributed by atoms with E-state index >= 15 is 0 Å². The van der Waals surface area contributed by atoms with Crippen molar-refractivity contribution in [3.05, 3.63) is 119 Å². The van der Waals surface area contributed by atoms with Crippen LogP contribution in [0.3, 0.4) is 0 Å². The number of para-hydroxylation sites is 2. The molecular weight excluding hydrogens is 736 g/mol. The van der Waals surface area contributed by atoms with E-state index in [0.29, 0.717) is 11.3 Å². The standard InChI is InChI=1S/C34H31I2N3O2/c1-5-9-31(24-16-14-21(2)15-17-24)39(35)34(40)25-18-19-26(28(20-25)23(4)41-36)32-22(3)10-8-11-27(32)33-37-29-12-6-7-13-30(29)38-33/h6-8,10-20,31H,4-5,9H2,1-3H3,(H,37,38). The molecule has 41 heavy (non-hydrogen) atoms. The Morgan fingerprint density at radius 1 is 1.00 bits per heavy atom. The second-order valence-electron chi connectivity index (χ2n) is 10.2. The first-order valence-electron chi connectivity index (χ1n) is 13.5. The second kappa shape index (κ2) is 12.8. The number of hydrogen-bond donors (Lipinski definition) is 1. The Balaban J connectivity index is 1.59. The van der Waals surface area contributed by atoms with E-state index in [1.807, 2.05) is 74.7 Å². The zero-order chi connectivity index (χ0) is 29.1. The normalized spacial score (nSPS) is 11.8. The smallest absolute Gasteiger partial charge is 0.263 e. The van der Waals surface area contributed by atoms with Crippen LogP contribution in [0.4, 0.5) is 0 Å². The van der Waals surface area contributed by atoms with Crippen molar-refractivity contribution in [3.8, 4) is 22.5 Å². The van der Waals surface area contributed by atoms with Gasteiger partial charge in [-0.2, -0.15) is 0 Å². The molecule has 0 saturated carbocycles. The molecule has 1 N–H and O–H groups in total. The van der Waals surface area contributed by atoms with E-state index in [1.165, 1.54) is 5.56 Å². The lowest BCUT2D eigenvalue weighted by Gasteiger charge is -2.27. The molecular formula is C34H31I2N3O2. The lowest BCUT2D eigenvalue weighted by Crippen LogP contribution is -2.26. The molecule has 5 rings (SSSR count). The van der Waals surface area contributed by atoms with Crippen molar-refractivity contribution in [2.24, 2.45) is 0 Å². The van der Waals surface area contributed by atoms with E-state index in [-0.39, 0.29) is 11.9 Å². The molecule has 0 spiro atoms. The highest BCUT2D eigenvalue weighted by Gasteiger charge is 2.26. The number of hydrogen-bond acceptors (Lipinski definition) is 3. The van der Waals surface area contributed by atoms with Crippen molar-refractivity contribution in [2.45, 2.75) is 39.7 Å². The topological polar surface area (TPSA) is 58.2 Å². The summed E-state index contributed by atoms with van der Waals surface area (Å²) in [6.07, 6.45) is 1.84. The highest BCUT2D eigenvalue weighted by atomic mass is 127. The van der Waals surface area contributed by atoms with Gasteiger partial charge in [0.15, 0.2) is 23.0 Å². The number of fused-ring (bicyclic) bond motifs is 1. The third-order valence-electron chi connectivity index (χ3n) is 7.34. The maximum absolute atomic E-state index is 13.9. The predicted molar refractivity (Wildman–Crippen MR) is 185 cm³/mol. The first-order chi connectivity index (χ1) is 19.8. The molecule has 0 aliphatic heterocycles. The molecule has 1 heterocycles. The Kier molecular flexibility index (Phi) is 9.13. The molecule has 5 aromatic rings. The summed E-state index contributed by atoms with van der Waals surface area (Å²) in [5.41, 5.74) is 9.58. The van der Waals surface area contributed by atoms with E-state index in [9.17, 15) is 4.79 Å². The van der Waals surface area contributed by atoms with Crippen LogP contribution in [-0.4, -0.2) is 19.0 Å². The van der Waals surface area contributed by atoms with E-state index in [0.717, 1.165) is 63.1 Å². The van der Waals surface area contributed by atoms with Crippen LogP contribution in [-0.2, 0) is 3.07 Å². The summed E-state index contributed by atoms with van der Waals surface area (Å²) in [6.45, 7) is 10.5. The van der Waals surface area contributed by atoms with Gasteiger partial charge in [-0.15, -0.1) is 0 Å². The van der Waals surface area contributed by atoms with Crippen molar-refractivity contribution in [2.75, 3.05) is 0 Å². The number of amides is 1. The number of aromatic nitrogens is 2. The Labute approximate surface area is 269 Å². The van der Waals surface area contributed by atoms with Crippen molar-refractivity contribution in [1.82, 2.24) is 13.1 Å². The summed E-state index contributed by atoms with van der Waals surface area (Å²) in [5, 5.41) is 0. The van der Waals surface area contributed by atoms with Gasteiger partial charge in [0, 0.05) is 16.7 Å². The van der Waals surface area contributed by atoms with E-state index in [2.05, 4.69) is 91.6 Å². The molecule has 1 unspecified atom stereocenters. The molecule has 0 fully saturated rings. The molecule has 0 radical (unpaired) electrons. The highest BCUT2D eigenvalue weighted by Crippen LogP contribution is 2.40. The lowest BCUT2D eigenvalue weighted by molar-refractivity contribution is 0.0851. The van der Waals surface area contributed by atoms with Crippen molar-refractivity contribution >= 4 is 68.6 Å². The number of H-pyrrole nitrogens is 1. The van der Waals surface area contributed by atoms with Gasteiger partial charge in [-0.1, -0.05) is 86.2 Å². The van der Waals surface area contributed by atoms with Gasteiger partial charge >= 0.3 is 0 Å². The zero-order valence-electron chi connectivity index (χ0n) is 23.2. The molecule has 7 heteroatoms. The SMILES string of the molecule is C=C(OI)c1cc(C(=O)N(I)C(CCC)c2ccc(C)cc2)ccc1-c1c(C)cccc1-c1nc2ccccc2[nH]1. The van der Waals surface area contributed by atoms with Crippen LogP contribution in [0.25, 0.3) is 39.3 Å². The zero-order valence-corrected chi connectivity index (χ0v) is 27.6. The number of carbonyl (C=O) groups is 1. The number of rotatable bonds is 9. The van der Waals surface area contributed by atoms with Crippen LogP contribution < -0.4 is 0 Å². The summed E-state index contributed by atoms with van der Waals surface area (Å²) in [4.78, 5) is 22.2. The molecule has 5 nitrogen and oxygen atoms in total. The summed E-state index contributed by atoms with van der Waals surface area (Å²) in [5.74, 6) is 1.22. The molecule has 0 saturated heterocycles.